The average molecular weight is 475 g/mol. The molecule has 2 saturated heterocycles. The van der Waals surface area contributed by atoms with E-state index in [2.05, 4.69) is 11.1 Å². The number of carbonyl (C=O) groups is 2. The lowest BCUT2D eigenvalue weighted by atomic mass is 9.69. The number of allylic oxidation sites excluding steroid dienone is 1. The summed E-state index contributed by atoms with van der Waals surface area (Å²) in [5.74, 6) is -0.687. The van der Waals surface area contributed by atoms with Crippen LogP contribution in [0.15, 0.2) is 59.8 Å². The molecule has 1 aliphatic carbocycles. The first-order valence-electron chi connectivity index (χ1n) is 12.0. The van der Waals surface area contributed by atoms with Crippen molar-refractivity contribution in [3.8, 4) is 5.75 Å². The van der Waals surface area contributed by atoms with Crippen molar-refractivity contribution in [3.05, 3.63) is 71.1 Å². The molecule has 7 nitrogen and oxygen atoms in total. The van der Waals surface area contributed by atoms with Crippen molar-refractivity contribution < 1.29 is 24.2 Å². The van der Waals surface area contributed by atoms with E-state index in [4.69, 9.17) is 9.47 Å². The van der Waals surface area contributed by atoms with Gasteiger partial charge in [-0.05, 0) is 71.9 Å². The average Bonchev–Trinajstić information content (AvgIpc) is 3.39. The molecule has 0 spiro atoms. The Morgan fingerprint density at radius 2 is 1.97 bits per heavy atom. The van der Waals surface area contributed by atoms with Crippen molar-refractivity contribution in [2.45, 2.75) is 25.4 Å². The summed E-state index contributed by atoms with van der Waals surface area (Å²) in [5.41, 5.74) is 5.18. The molecule has 3 heterocycles. The molecule has 0 radical (unpaired) electrons. The molecule has 4 atom stereocenters. The summed E-state index contributed by atoms with van der Waals surface area (Å²) in [4.78, 5) is 31.5. The molecule has 3 aliphatic rings. The smallest absolute Gasteiger partial charge is 0.233 e. The molecule has 0 unspecified atom stereocenters. The van der Waals surface area contributed by atoms with Crippen LogP contribution in [0.5, 0.6) is 5.75 Å². The number of imide groups is 1. The Bertz CT molecular complexity index is 1170. The number of amides is 2. The van der Waals surface area contributed by atoms with Gasteiger partial charge >= 0.3 is 0 Å². The largest absolute Gasteiger partial charge is 0.508 e. The monoisotopic (exact) mass is 474 g/mol. The number of carbonyl (C=O) groups excluding carboxylic acids is 2. The number of likely N-dealkylation sites (tertiary alicyclic amines) is 1. The summed E-state index contributed by atoms with van der Waals surface area (Å²) in [6.45, 7) is 0.887. The zero-order chi connectivity index (χ0) is 24.5. The fraction of sp³-hybridized carbons (Fsp3) is 0.393. The molecule has 1 aromatic carbocycles. The van der Waals surface area contributed by atoms with Crippen molar-refractivity contribution in [2.75, 3.05) is 27.4 Å². The third kappa shape index (κ3) is 4.42. The van der Waals surface area contributed by atoms with Gasteiger partial charge in [0.05, 0.1) is 36.8 Å². The second kappa shape index (κ2) is 9.76. The van der Waals surface area contributed by atoms with Crippen LogP contribution < -0.4 is 0 Å². The van der Waals surface area contributed by atoms with Crippen molar-refractivity contribution >= 4 is 23.5 Å². The maximum Gasteiger partial charge on any atom is 0.233 e. The predicted octanol–water partition coefficient (Wildman–Crippen LogP) is 3.70. The van der Waals surface area contributed by atoms with Crippen molar-refractivity contribution in [1.82, 2.24) is 9.88 Å². The second-order valence-electron chi connectivity index (χ2n) is 9.51. The van der Waals surface area contributed by atoms with Crippen LogP contribution >= 0.6 is 0 Å². The topological polar surface area (TPSA) is 89.0 Å². The Labute approximate surface area is 205 Å². The Balaban J connectivity index is 1.42. The van der Waals surface area contributed by atoms with Gasteiger partial charge in [-0.15, -0.1) is 0 Å². The minimum atomic E-state index is -0.337. The molecule has 2 amide bonds. The van der Waals surface area contributed by atoms with E-state index in [-0.39, 0.29) is 41.4 Å². The zero-order valence-electron chi connectivity index (χ0n) is 20.0. The van der Waals surface area contributed by atoms with Gasteiger partial charge in [-0.2, -0.15) is 0 Å². The van der Waals surface area contributed by atoms with Crippen molar-refractivity contribution in [3.63, 3.8) is 0 Å². The highest BCUT2D eigenvalue weighted by Gasteiger charge is 2.56. The van der Waals surface area contributed by atoms with Crippen LogP contribution in [0, 0.1) is 17.8 Å². The molecule has 1 N–H and O–H groups in total. The normalized spacial score (nSPS) is 26.3. The first kappa shape index (κ1) is 23.5. The van der Waals surface area contributed by atoms with Gasteiger partial charge in [0.2, 0.25) is 11.8 Å². The summed E-state index contributed by atoms with van der Waals surface area (Å²) < 4.78 is 11.8. The van der Waals surface area contributed by atoms with Crippen LogP contribution in [0.25, 0.3) is 11.6 Å². The van der Waals surface area contributed by atoms with E-state index in [0.29, 0.717) is 19.6 Å². The molecule has 2 fully saturated rings. The first-order chi connectivity index (χ1) is 17.0. The summed E-state index contributed by atoms with van der Waals surface area (Å²) in [6.07, 6.45) is 5.74. The van der Waals surface area contributed by atoms with Crippen LogP contribution in [0.3, 0.4) is 0 Å². The number of nitrogens with zero attached hydrogens (tertiary/aromatic N) is 2. The summed E-state index contributed by atoms with van der Waals surface area (Å²) in [6, 6.07) is 12.9. The van der Waals surface area contributed by atoms with Crippen molar-refractivity contribution in [1.29, 1.82) is 0 Å². The standard InChI is InChI=1S/C28H30N2O5/c1-30-27(32)21-14-19(15-34-2)25-22(26(21)28(30)33)16-35-24(25)11-8-18(23-5-3-4-12-29-23)13-17-6-9-20(31)10-7-17/h3-7,9-10,12-13,21-22,24,26,31H,8,11,14-16H2,1-2H3/b18-13-/t21-,22+,24-,26-/m1/s1. The van der Waals surface area contributed by atoms with E-state index in [1.807, 2.05) is 30.3 Å². The molecule has 0 bridgehead atoms. The fourth-order valence-electron chi connectivity index (χ4n) is 5.82. The number of fused-ring (bicyclic) bond motifs is 3. The first-order valence-corrected chi connectivity index (χ1v) is 12.0. The molecule has 1 aromatic heterocycles. The molecule has 2 aromatic rings. The zero-order valence-corrected chi connectivity index (χ0v) is 20.0. The number of ether oxygens (including phenoxy) is 2. The summed E-state index contributed by atoms with van der Waals surface area (Å²) in [5, 5.41) is 9.64. The van der Waals surface area contributed by atoms with Gasteiger partial charge in [-0.3, -0.25) is 19.5 Å². The highest BCUT2D eigenvalue weighted by molar-refractivity contribution is 6.05. The molecule has 7 heteroatoms. The number of phenols is 1. The van der Waals surface area contributed by atoms with E-state index in [0.717, 1.165) is 40.8 Å². The summed E-state index contributed by atoms with van der Waals surface area (Å²) in [7, 11) is 3.24. The lowest BCUT2D eigenvalue weighted by molar-refractivity contribution is -0.138. The lowest BCUT2D eigenvalue weighted by Gasteiger charge is -2.31. The molecular formula is C28H30N2O5. The SMILES string of the molecule is COCC1=C2[C@@H](CC/C(=C/c3ccc(O)cc3)c3ccccn3)OC[C@@H]2[C@@H]2C(=O)N(C)C(=O)[C@@H]2C1. The van der Waals surface area contributed by atoms with Gasteiger partial charge in [0.25, 0.3) is 0 Å². The Morgan fingerprint density at radius 1 is 1.17 bits per heavy atom. The molecule has 2 aliphatic heterocycles. The number of aromatic hydroxyl groups is 1. The van der Waals surface area contributed by atoms with Crippen LogP contribution in [-0.4, -0.2) is 60.3 Å². The maximum atomic E-state index is 12.9. The van der Waals surface area contributed by atoms with Crippen LogP contribution in [0.2, 0.25) is 0 Å². The highest BCUT2D eigenvalue weighted by Crippen LogP contribution is 2.49. The number of pyridine rings is 1. The minimum Gasteiger partial charge on any atom is -0.508 e. The van der Waals surface area contributed by atoms with E-state index in [1.165, 1.54) is 4.90 Å². The van der Waals surface area contributed by atoms with E-state index in [9.17, 15) is 14.7 Å². The minimum absolute atomic E-state index is 0.0790. The molecule has 182 valence electrons. The van der Waals surface area contributed by atoms with Crippen LogP contribution in [-0.2, 0) is 19.1 Å². The Hall–Kier alpha value is -3.29. The number of methoxy groups -OCH3 is 1. The van der Waals surface area contributed by atoms with E-state index in [1.54, 1.807) is 32.5 Å². The van der Waals surface area contributed by atoms with Gasteiger partial charge in [-0.1, -0.05) is 18.2 Å². The Morgan fingerprint density at radius 3 is 2.69 bits per heavy atom. The highest BCUT2D eigenvalue weighted by atomic mass is 16.5. The van der Waals surface area contributed by atoms with E-state index >= 15 is 0 Å². The number of hydrogen-bond donors (Lipinski definition) is 1. The maximum absolute atomic E-state index is 12.9. The predicted molar refractivity (Wildman–Crippen MR) is 131 cm³/mol. The van der Waals surface area contributed by atoms with E-state index < -0.39 is 0 Å². The second-order valence-corrected chi connectivity index (χ2v) is 9.51. The Kier molecular flexibility index (Phi) is 6.54. The van der Waals surface area contributed by atoms with Gasteiger partial charge in [0.1, 0.15) is 5.75 Å². The van der Waals surface area contributed by atoms with Gasteiger partial charge in [0, 0.05) is 26.3 Å². The third-order valence-corrected chi connectivity index (χ3v) is 7.45. The van der Waals surface area contributed by atoms with Gasteiger partial charge in [-0.25, -0.2) is 0 Å². The van der Waals surface area contributed by atoms with Gasteiger partial charge in [0.15, 0.2) is 0 Å². The number of hydrogen-bond acceptors (Lipinski definition) is 6. The van der Waals surface area contributed by atoms with Gasteiger partial charge < -0.3 is 14.6 Å². The fourth-order valence-corrected chi connectivity index (χ4v) is 5.82. The molecule has 35 heavy (non-hydrogen) atoms. The third-order valence-electron chi connectivity index (χ3n) is 7.45. The van der Waals surface area contributed by atoms with Crippen molar-refractivity contribution in [2.24, 2.45) is 17.8 Å². The quantitative estimate of drug-likeness (QED) is 0.486. The molecule has 5 rings (SSSR count). The van der Waals surface area contributed by atoms with Crippen LogP contribution in [0.4, 0.5) is 0 Å². The van der Waals surface area contributed by atoms with Crippen LogP contribution in [0.1, 0.15) is 30.5 Å². The molecular weight excluding hydrogens is 444 g/mol. The number of phenolic OH excluding ortho intramolecular Hbond substituents is 1. The number of rotatable bonds is 7. The molecule has 0 saturated carbocycles. The number of benzene rings is 1. The summed E-state index contributed by atoms with van der Waals surface area (Å²) >= 11 is 0. The lowest BCUT2D eigenvalue weighted by Crippen LogP contribution is -2.34. The number of aromatic nitrogens is 1.